The van der Waals surface area contributed by atoms with Gasteiger partial charge in [-0.05, 0) is 43.2 Å². The molecule has 4 heteroatoms. The third-order valence-electron chi connectivity index (χ3n) is 2.85. The van der Waals surface area contributed by atoms with Crippen LogP contribution in [0.5, 0.6) is 5.75 Å². The first kappa shape index (κ1) is 13.1. The van der Waals surface area contributed by atoms with E-state index >= 15 is 0 Å². The Balaban J connectivity index is 2.50. The van der Waals surface area contributed by atoms with E-state index < -0.39 is 5.97 Å². The second kappa shape index (κ2) is 5.52. The predicted octanol–water partition coefficient (Wildman–Crippen LogP) is 3.15. The Morgan fingerprint density at radius 1 is 1.32 bits per heavy atom. The number of benzene rings is 1. The van der Waals surface area contributed by atoms with Crippen LogP contribution in [0.3, 0.4) is 0 Å². The van der Waals surface area contributed by atoms with E-state index in [0.717, 1.165) is 16.9 Å². The van der Waals surface area contributed by atoms with Crippen LogP contribution in [0.1, 0.15) is 22.8 Å². The maximum atomic E-state index is 11.2. The highest BCUT2D eigenvalue weighted by Gasteiger charge is 2.13. The van der Waals surface area contributed by atoms with E-state index in [1.54, 1.807) is 6.20 Å². The molecule has 1 aromatic carbocycles. The number of carboxylic acid groups (broad SMARTS) is 1. The summed E-state index contributed by atoms with van der Waals surface area (Å²) in [6.45, 7) is 4.45. The Labute approximate surface area is 111 Å². The van der Waals surface area contributed by atoms with Crippen LogP contribution in [0.2, 0.25) is 0 Å². The quantitative estimate of drug-likeness (QED) is 0.914. The molecule has 1 heterocycles. The van der Waals surface area contributed by atoms with Crippen molar-refractivity contribution in [2.45, 2.75) is 13.8 Å². The van der Waals surface area contributed by atoms with Crippen molar-refractivity contribution in [1.29, 1.82) is 0 Å². The molecule has 0 saturated carbocycles. The number of carboxylic acids is 1. The number of aromatic carboxylic acids is 1. The number of hydrogen-bond donors (Lipinski definition) is 1. The van der Waals surface area contributed by atoms with Crippen molar-refractivity contribution in [2.24, 2.45) is 0 Å². The maximum absolute atomic E-state index is 11.2. The van der Waals surface area contributed by atoms with Crippen molar-refractivity contribution in [3.05, 3.63) is 47.8 Å². The van der Waals surface area contributed by atoms with Crippen molar-refractivity contribution in [1.82, 2.24) is 4.98 Å². The topological polar surface area (TPSA) is 59.4 Å². The zero-order valence-electron chi connectivity index (χ0n) is 10.9. The van der Waals surface area contributed by atoms with Gasteiger partial charge >= 0.3 is 5.97 Å². The summed E-state index contributed by atoms with van der Waals surface area (Å²) in [6.07, 6.45) is 3.06. The first-order chi connectivity index (χ1) is 9.13. The zero-order valence-corrected chi connectivity index (χ0v) is 10.9. The lowest BCUT2D eigenvalue weighted by atomic mass is 9.98. The highest BCUT2D eigenvalue weighted by Crippen LogP contribution is 2.29. The molecule has 0 unspecified atom stereocenters. The molecule has 0 radical (unpaired) electrons. The van der Waals surface area contributed by atoms with Crippen LogP contribution in [0.4, 0.5) is 0 Å². The number of rotatable bonds is 4. The van der Waals surface area contributed by atoms with Gasteiger partial charge in [-0.25, -0.2) is 4.79 Å². The fraction of sp³-hybridized carbons (Fsp3) is 0.200. The molecule has 0 fully saturated rings. The lowest BCUT2D eigenvalue weighted by Crippen LogP contribution is -2.01. The minimum Gasteiger partial charge on any atom is -0.494 e. The molecule has 2 rings (SSSR count). The van der Waals surface area contributed by atoms with Crippen LogP contribution < -0.4 is 4.74 Å². The molecule has 2 aromatic rings. The fourth-order valence-electron chi connectivity index (χ4n) is 1.99. The molecule has 0 saturated heterocycles. The average molecular weight is 257 g/mol. The molecule has 0 atom stereocenters. The fourth-order valence-corrected chi connectivity index (χ4v) is 1.99. The predicted molar refractivity (Wildman–Crippen MR) is 72.5 cm³/mol. The summed E-state index contributed by atoms with van der Waals surface area (Å²) in [6, 6.07) is 7.11. The second-order valence-electron chi connectivity index (χ2n) is 4.14. The Bertz CT molecular complexity index is 608. The van der Waals surface area contributed by atoms with Gasteiger partial charge in [-0.3, -0.25) is 4.98 Å². The minimum absolute atomic E-state index is 0.252. The van der Waals surface area contributed by atoms with E-state index in [2.05, 4.69) is 4.98 Å². The molecule has 0 aliphatic rings. The van der Waals surface area contributed by atoms with Crippen molar-refractivity contribution in [3.63, 3.8) is 0 Å². The number of ether oxygens (including phenoxy) is 1. The molecule has 19 heavy (non-hydrogen) atoms. The van der Waals surface area contributed by atoms with E-state index in [4.69, 9.17) is 4.74 Å². The number of aryl methyl sites for hydroxylation is 1. The van der Waals surface area contributed by atoms with Crippen molar-refractivity contribution in [2.75, 3.05) is 6.61 Å². The summed E-state index contributed by atoms with van der Waals surface area (Å²) in [5.74, 6) is -0.171. The summed E-state index contributed by atoms with van der Waals surface area (Å²) in [5, 5.41) is 9.20. The van der Waals surface area contributed by atoms with E-state index in [1.165, 1.54) is 12.3 Å². The number of nitrogens with zero attached hydrogens (tertiary/aromatic N) is 1. The Kier molecular flexibility index (Phi) is 3.80. The summed E-state index contributed by atoms with van der Waals surface area (Å²) in [4.78, 5) is 15.2. The summed E-state index contributed by atoms with van der Waals surface area (Å²) in [7, 11) is 0. The molecule has 0 spiro atoms. The van der Waals surface area contributed by atoms with Gasteiger partial charge in [-0.2, -0.15) is 0 Å². The van der Waals surface area contributed by atoms with Crippen LogP contribution in [0.15, 0.2) is 36.7 Å². The van der Waals surface area contributed by atoms with Gasteiger partial charge < -0.3 is 9.84 Å². The molecule has 4 nitrogen and oxygen atoms in total. The van der Waals surface area contributed by atoms with Gasteiger partial charge in [0.2, 0.25) is 0 Å². The molecule has 0 aliphatic heterocycles. The lowest BCUT2D eigenvalue weighted by Gasteiger charge is -2.11. The van der Waals surface area contributed by atoms with E-state index in [-0.39, 0.29) is 5.56 Å². The second-order valence-corrected chi connectivity index (χ2v) is 4.14. The summed E-state index contributed by atoms with van der Waals surface area (Å²) >= 11 is 0. The van der Waals surface area contributed by atoms with Gasteiger partial charge in [-0.1, -0.05) is 6.07 Å². The molecular formula is C15H15NO3. The SMILES string of the molecule is CCOc1ccc(-c2cnccc2C(=O)O)c(C)c1. The zero-order chi connectivity index (χ0) is 13.8. The molecule has 98 valence electrons. The molecule has 0 aliphatic carbocycles. The molecule has 1 aromatic heterocycles. The number of carbonyl (C=O) groups is 1. The monoisotopic (exact) mass is 257 g/mol. The molecule has 1 N–H and O–H groups in total. The standard InChI is InChI=1S/C15H15NO3/c1-3-19-11-4-5-12(10(2)8-11)14-9-16-7-6-13(14)15(17)18/h4-9H,3H2,1-2H3,(H,17,18). The Morgan fingerprint density at radius 2 is 2.11 bits per heavy atom. The van der Waals surface area contributed by atoms with E-state index in [0.29, 0.717) is 12.2 Å². The first-order valence-corrected chi connectivity index (χ1v) is 6.04. The van der Waals surface area contributed by atoms with Gasteiger partial charge in [0.25, 0.3) is 0 Å². The highest BCUT2D eigenvalue weighted by molar-refractivity contribution is 5.96. The van der Waals surface area contributed by atoms with Gasteiger partial charge in [-0.15, -0.1) is 0 Å². The molecule has 0 amide bonds. The number of hydrogen-bond acceptors (Lipinski definition) is 3. The van der Waals surface area contributed by atoms with Gasteiger partial charge in [0, 0.05) is 18.0 Å². The lowest BCUT2D eigenvalue weighted by molar-refractivity contribution is 0.0697. The van der Waals surface area contributed by atoms with Crippen LogP contribution in [-0.4, -0.2) is 22.7 Å². The average Bonchev–Trinajstić information content (AvgIpc) is 2.39. The van der Waals surface area contributed by atoms with Crippen LogP contribution in [0.25, 0.3) is 11.1 Å². The van der Waals surface area contributed by atoms with Gasteiger partial charge in [0.15, 0.2) is 0 Å². The van der Waals surface area contributed by atoms with Gasteiger partial charge in [0.1, 0.15) is 5.75 Å². The summed E-state index contributed by atoms with van der Waals surface area (Å²) in [5.41, 5.74) is 2.69. The highest BCUT2D eigenvalue weighted by atomic mass is 16.5. The van der Waals surface area contributed by atoms with E-state index in [9.17, 15) is 9.90 Å². The van der Waals surface area contributed by atoms with Crippen LogP contribution in [-0.2, 0) is 0 Å². The number of pyridine rings is 1. The maximum Gasteiger partial charge on any atom is 0.336 e. The van der Waals surface area contributed by atoms with Gasteiger partial charge in [0.05, 0.1) is 12.2 Å². The third kappa shape index (κ3) is 2.73. The van der Waals surface area contributed by atoms with Crippen molar-refractivity contribution < 1.29 is 14.6 Å². The van der Waals surface area contributed by atoms with Crippen molar-refractivity contribution in [3.8, 4) is 16.9 Å². The van der Waals surface area contributed by atoms with Crippen molar-refractivity contribution >= 4 is 5.97 Å². The minimum atomic E-state index is -0.953. The van der Waals surface area contributed by atoms with Crippen LogP contribution in [0, 0.1) is 6.92 Å². The largest absolute Gasteiger partial charge is 0.494 e. The Hall–Kier alpha value is -2.36. The first-order valence-electron chi connectivity index (χ1n) is 6.04. The molecular weight excluding hydrogens is 242 g/mol. The summed E-state index contributed by atoms with van der Waals surface area (Å²) < 4.78 is 5.42. The Morgan fingerprint density at radius 3 is 2.74 bits per heavy atom. The van der Waals surface area contributed by atoms with E-state index in [1.807, 2.05) is 32.0 Å². The number of aromatic nitrogens is 1. The third-order valence-corrected chi connectivity index (χ3v) is 2.85. The van der Waals surface area contributed by atoms with Crippen LogP contribution >= 0.6 is 0 Å². The molecule has 0 bridgehead atoms. The normalized spacial score (nSPS) is 10.2. The smallest absolute Gasteiger partial charge is 0.336 e.